The van der Waals surface area contributed by atoms with Crippen LogP contribution in [0.4, 0.5) is 4.79 Å². The number of hydrogen-bond donors (Lipinski definition) is 2. The number of nitrogens with two attached hydrogens (primary N) is 1. The van der Waals surface area contributed by atoms with Crippen molar-refractivity contribution in [2.75, 3.05) is 0 Å². The van der Waals surface area contributed by atoms with Gasteiger partial charge in [-0.2, -0.15) is 0 Å². The topological polar surface area (TPSA) is 75.4 Å². The highest BCUT2D eigenvalue weighted by atomic mass is 35.5. The Labute approximate surface area is 176 Å². The van der Waals surface area contributed by atoms with Crippen LogP contribution in [0.2, 0.25) is 5.02 Å². The van der Waals surface area contributed by atoms with E-state index in [4.69, 9.17) is 17.3 Å². The Bertz CT molecular complexity index is 877. The Morgan fingerprint density at radius 3 is 2.11 bits per heavy atom. The van der Waals surface area contributed by atoms with E-state index in [2.05, 4.69) is 5.32 Å². The van der Waals surface area contributed by atoms with Crippen LogP contribution in [0.1, 0.15) is 27.8 Å². The second-order valence-electron chi connectivity index (χ2n) is 6.20. The molecule has 1 aromatic carbocycles. The molecule has 0 aliphatic carbocycles. The molecular formula is C20H20ClN3O2S2. The summed E-state index contributed by atoms with van der Waals surface area (Å²) >= 11 is 9.50. The van der Waals surface area contributed by atoms with Crippen molar-refractivity contribution in [1.82, 2.24) is 10.2 Å². The number of amides is 3. The van der Waals surface area contributed by atoms with Crippen molar-refractivity contribution >= 4 is 46.2 Å². The summed E-state index contributed by atoms with van der Waals surface area (Å²) in [5.41, 5.74) is 6.01. The summed E-state index contributed by atoms with van der Waals surface area (Å²) in [6.07, 6.45) is 0.0728. The van der Waals surface area contributed by atoms with Gasteiger partial charge in [0.2, 0.25) is 5.91 Å². The summed E-state index contributed by atoms with van der Waals surface area (Å²) in [7, 11) is 0. The molecule has 0 fully saturated rings. The van der Waals surface area contributed by atoms with E-state index in [0.717, 1.165) is 9.75 Å². The third-order valence-corrected chi connectivity index (χ3v) is 6.25. The molecule has 0 spiro atoms. The monoisotopic (exact) mass is 433 g/mol. The third kappa shape index (κ3) is 5.58. The molecule has 3 amide bonds. The lowest BCUT2D eigenvalue weighted by atomic mass is 10.0. The maximum absolute atomic E-state index is 13.2. The van der Waals surface area contributed by atoms with Crippen LogP contribution in [0.15, 0.2) is 59.3 Å². The van der Waals surface area contributed by atoms with Gasteiger partial charge in [-0.3, -0.25) is 4.79 Å². The van der Waals surface area contributed by atoms with Crippen molar-refractivity contribution in [1.29, 1.82) is 0 Å². The van der Waals surface area contributed by atoms with Gasteiger partial charge in [0.25, 0.3) is 0 Å². The van der Waals surface area contributed by atoms with Crippen LogP contribution in [-0.4, -0.2) is 16.8 Å². The van der Waals surface area contributed by atoms with Gasteiger partial charge in [-0.05, 0) is 34.5 Å². The van der Waals surface area contributed by atoms with E-state index in [1.54, 1.807) is 45.8 Å². The summed E-state index contributed by atoms with van der Waals surface area (Å²) in [4.78, 5) is 28.7. The molecule has 3 aromatic rings. The lowest BCUT2D eigenvalue weighted by molar-refractivity contribution is -0.132. The number of carbonyl (C=O) groups is 2. The predicted molar refractivity (Wildman–Crippen MR) is 114 cm³/mol. The van der Waals surface area contributed by atoms with Crippen molar-refractivity contribution in [2.24, 2.45) is 5.73 Å². The van der Waals surface area contributed by atoms with Gasteiger partial charge in [0.15, 0.2) is 0 Å². The minimum absolute atomic E-state index is 0.0728. The van der Waals surface area contributed by atoms with Crippen LogP contribution < -0.4 is 11.1 Å². The van der Waals surface area contributed by atoms with E-state index >= 15 is 0 Å². The Morgan fingerprint density at radius 2 is 1.61 bits per heavy atom. The van der Waals surface area contributed by atoms with E-state index < -0.39 is 12.1 Å². The minimum atomic E-state index is -0.694. The van der Waals surface area contributed by atoms with Crippen LogP contribution in [0, 0.1) is 0 Å². The first-order chi connectivity index (χ1) is 13.5. The van der Waals surface area contributed by atoms with Gasteiger partial charge in [0.05, 0.1) is 25.6 Å². The lowest BCUT2D eigenvalue weighted by Gasteiger charge is -2.25. The molecule has 1 atom stereocenters. The highest BCUT2D eigenvalue weighted by Gasteiger charge is 2.24. The molecule has 3 rings (SSSR count). The highest BCUT2D eigenvalue weighted by molar-refractivity contribution is 7.10. The maximum atomic E-state index is 13.2. The third-order valence-electron chi connectivity index (χ3n) is 4.18. The molecule has 0 saturated carbocycles. The SMILES string of the molecule is NC(=O)NC(CC(=O)N(Cc1cccs1)Cc1cccs1)c1ccccc1Cl. The fraction of sp³-hybridized carbons (Fsp3) is 0.200. The first-order valence-corrected chi connectivity index (χ1v) is 10.8. The summed E-state index contributed by atoms with van der Waals surface area (Å²) < 4.78 is 0. The van der Waals surface area contributed by atoms with E-state index in [1.807, 2.05) is 41.1 Å². The fourth-order valence-electron chi connectivity index (χ4n) is 2.89. The zero-order valence-corrected chi connectivity index (χ0v) is 17.4. The van der Waals surface area contributed by atoms with Gasteiger partial charge in [-0.15, -0.1) is 22.7 Å². The van der Waals surface area contributed by atoms with Gasteiger partial charge in [0.1, 0.15) is 0 Å². The average molecular weight is 434 g/mol. The van der Waals surface area contributed by atoms with Crippen molar-refractivity contribution in [3.63, 3.8) is 0 Å². The van der Waals surface area contributed by atoms with E-state index in [1.165, 1.54) is 0 Å². The highest BCUT2D eigenvalue weighted by Crippen LogP contribution is 2.27. The second-order valence-corrected chi connectivity index (χ2v) is 8.67. The van der Waals surface area contributed by atoms with Crippen molar-refractivity contribution in [3.05, 3.63) is 79.6 Å². The van der Waals surface area contributed by atoms with Crippen LogP contribution in [-0.2, 0) is 17.9 Å². The van der Waals surface area contributed by atoms with Crippen molar-refractivity contribution in [2.45, 2.75) is 25.6 Å². The zero-order chi connectivity index (χ0) is 19.9. The number of hydrogen-bond acceptors (Lipinski definition) is 4. The molecule has 0 bridgehead atoms. The second kappa shape index (κ2) is 9.73. The molecule has 0 radical (unpaired) electrons. The van der Waals surface area contributed by atoms with Crippen LogP contribution in [0.5, 0.6) is 0 Å². The number of benzene rings is 1. The Hall–Kier alpha value is -2.35. The van der Waals surface area contributed by atoms with Gasteiger partial charge >= 0.3 is 6.03 Å². The Kier molecular flexibility index (Phi) is 7.08. The number of primary amides is 1. The Balaban J connectivity index is 1.80. The molecule has 0 aliphatic rings. The molecule has 8 heteroatoms. The minimum Gasteiger partial charge on any atom is -0.352 e. The van der Waals surface area contributed by atoms with E-state index in [0.29, 0.717) is 23.7 Å². The maximum Gasteiger partial charge on any atom is 0.312 e. The zero-order valence-electron chi connectivity index (χ0n) is 15.0. The number of nitrogens with one attached hydrogen (secondary N) is 1. The van der Waals surface area contributed by atoms with Gasteiger partial charge in [-0.1, -0.05) is 41.9 Å². The molecule has 28 heavy (non-hydrogen) atoms. The molecule has 2 aromatic heterocycles. The normalized spacial score (nSPS) is 11.8. The number of thiophene rings is 2. The fourth-order valence-corrected chi connectivity index (χ4v) is 4.59. The van der Waals surface area contributed by atoms with Gasteiger partial charge < -0.3 is 16.0 Å². The largest absolute Gasteiger partial charge is 0.352 e. The first-order valence-electron chi connectivity index (χ1n) is 8.66. The number of rotatable bonds is 8. The number of carbonyl (C=O) groups excluding carboxylic acids is 2. The number of urea groups is 1. The molecule has 5 nitrogen and oxygen atoms in total. The lowest BCUT2D eigenvalue weighted by Crippen LogP contribution is -2.38. The van der Waals surface area contributed by atoms with E-state index in [9.17, 15) is 9.59 Å². The molecule has 2 heterocycles. The van der Waals surface area contributed by atoms with Crippen LogP contribution >= 0.6 is 34.3 Å². The van der Waals surface area contributed by atoms with Gasteiger partial charge in [0, 0.05) is 14.8 Å². The average Bonchev–Trinajstić information content (AvgIpc) is 3.34. The number of nitrogens with zero attached hydrogens (tertiary/aromatic N) is 1. The summed E-state index contributed by atoms with van der Waals surface area (Å²) in [6, 6.07) is 13.8. The Morgan fingerprint density at radius 1 is 1.00 bits per heavy atom. The molecule has 1 unspecified atom stereocenters. The first kappa shape index (κ1) is 20.4. The molecule has 0 aliphatic heterocycles. The van der Waals surface area contributed by atoms with Gasteiger partial charge in [-0.25, -0.2) is 4.79 Å². The molecule has 146 valence electrons. The van der Waals surface area contributed by atoms with Crippen LogP contribution in [0.3, 0.4) is 0 Å². The van der Waals surface area contributed by atoms with Crippen LogP contribution in [0.25, 0.3) is 0 Å². The summed E-state index contributed by atoms with van der Waals surface area (Å²) in [6.45, 7) is 1.03. The number of halogens is 1. The standard InChI is InChI=1S/C20H20ClN3O2S2/c21-17-8-2-1-7-16(17)18(23-20(22)26)11-19(25)24(12-14-5-3-9-27-14)13-15-6-4-10-28-15/h1-10,18H,11-13H2,(H3,22,23,26). The van der Waals surface area contributed by atoms with Crippen molar-refractivity contribution < 1.29 is 9.59 Å². The van der Waals surface area contributed by atoms with E-state index in [-0.39, 0.29) is 12.3 Å². The molecular weight excluding hydrogens is 414 g/mol. The molecule has 0 saturated heterocycles. The molecule has 3 N–H and O–H groups in total. The summed E-state index contributed by atoms with van der Waals surface area (Å²) in [5.74, 6) is -0.0829. The predicted octanol–water partition coefficient (Wildman–Crippen LogP) is 4.79. The smallest absolute Gasteiger partial charge is 0.312 e. The van der Waals surface area contributed by atoms with Crippen molar-refractivity contribution in [3.8, 4) is 0 Å². The summed E-state index contributed by atoms with van der Waals surface area (Å²) in [5, 5.41) is 7.12. The quantitative estimate of drug-likeness (QED) is 0.535.